The Labute approximate surface area is 214 Å². The Morgan fingerprint density at radius 3 is 2.33 bits per heavy atom. The van der Waals surface area contributed by atoms with E-state index in [2.05, 4.69) is 27.7 Å². The van der Waals surface area contributed by atoms with Crippen LogP contribution in [-0.4, -0.2) is 36.6 Å². The van der Waals surface area contributed by atoms with E-state index in [9.17, 15) is 14.4 Å². The van der Waals surface area contributed by atoms with Crippen molar-refractivity contribution in [1.82, 2.24) is 0 Å². The number of carbonyl (C=O) groups is 3. The molecule has 0 unspecified atom stereocenters. The molecule has 9 atom stereocenters. The normalized spacial score (nSPS) is 45.3. The molecule has 4 fully saturated rings. The number of hydrogen-bond donors (Lipinski definition) is 0. The summed E-state index contributed by atoms with van der Waals surface area (Å²) >= 11 is 0. The van der Waals surface area contributed by atoms with Crippen molar-refractivity contribution in [3.8, 4) is 0 Å². The lowest BCUT2D eigenvalue weighted by Crippen LogP contribution is -2.62. The van der Waals surface area contributed by atoms with Crippen molar-refractivity contribution in [1.29, 1.82) is 0 Å². The first-order valence-electron chi connectivity index (χ1n) is 13.8. The van der Waals surface area contributed by atoms with Crippen LogP contribution in [-0.2, 0) is 33.3 Å². The van der Waals surface area contributed by atoms with Crippen molar-refractivity contribution < 1.29 is 33.3 Å². The molecule has 5 aliphatic rings. The van der Waals surface area contributed by atoms with Crippen molar-refractivity contribution in [2.75, 3.05) is 0 Å². The minimum Gasteiger partial charge on any atom is -0.436 e. The number of cyclic esters (lactones) is 1. The molecule has 0 amide bonds. The molecule has 200 valence electrons. The van der Waals surface area contributed by atoms with E-state index in [-0.39, 0.29) is 28.6 Å². The molecule has 2 heterocycles. The van der Waals surface area contributed by atoms with Crippen LogP contribution in [0.5, 0.6) is 0 Å². The van der Waals surface area contributed by atoms with Crippen molar-refractivity contribution in [2.45, 2.75) is 112 Å². The number of fused-ring (bicyclic) bond motifs is 5. The lowest BCUT2D eigenvalue weighted by molar-refractivity contribution is -0.270. The minimum absolute atomic E-state index is 0.0724. The van der Waals surface area contributed by atoms with Gasteiger partial charge in [-0.15, -0.1) is 0 Å². The quantitative estimate of drug-likeness (QED) is 0.483. The predicted octanol–water partition coefficient (Wildman–Crippen LogP) is 5.31. The molecule has 5 rings (SSSR count). The fourth-order valence-electron chi connectivity index (χ4n) is 9.55. The van der Waals surface area contributed by atoms with E-state index in [1.165, 1.54) is 45.6 Å². The monoisotopic (exact) mass is 502 g/mol. The molecule has 0 aromatic rings. The van der Waals surface area contributed by atoms with E-state index >= 15 is 0 Å². The first kappa shape index (κ1) is 25.7. The zero-order valence-electron chi connectivity index (χ0n) is 22.6. The summed E-state index contributed by atoms with van der Waals surface area (Å²) in [6, 6.07) is 0. The number of esters is 3. The smallest absolute Gasteiger partial charge is 0.334 e. The Hall–Kier alpha value is -1.89. The van der Waals surface area contributed by atoms with E-state index in [1.54, 1.807) is 0 Å². The molecule has 7 nitrogen and oxygen atoms in total. The van der Waals surface area contributed by atoms with Gasteiger partial charge in [0, 0.05) is 31.4 Å². The lowest BCUT2D eigenvalue weighted by atomic mass is 9.38. The van der Waals surface area contributed by atoms with E-state index in [4.69, 9.17) is 18.9 Å². The molecule has 0 aromatic carbocycles. The van der Waals surface area contributed by atoms with Gasteiger partial charge in [-0.2, -0.15) is 0 Å². The van der Waals surface area contributed by atoms with Gasteiger partial charge >= 0.3 is 17.9 Å². The summed E-state index contributed by atoms with van der Waals surface area (Å²) in [5, 5.41) is 0. The summed E-state index contributed by atoms with van der Waals surface area (Å²) in [5.41, 5.74) is 1.22. The molecular formula is C29H42O7. The Balaban J connectivity index is 1.49. The molecule has 3 saturated carbocycles. The maximum absolute atomic E-state index is 12.2. The van der Waals surface area contributed by atoms with Gasteiger partial charge in [-0.25, -0.2) is 4.79 Å². The first-order chi connectivity index (χ1) is 16.8. The number of ether oxygens (including phenoxy) is 4. The van der Waals surface area contributed by atoms with Crippen LogP contribution in [0.1, 0.15) is 92.9 Å². The zero-order valence-corrected chi connectivity index (χ0v) is 22.6. The van der Waals surface area contributed by atoms with Crippen LogP contribution < -0.4 is 0 Å². The summed E-state index contributed by atoms with van der Waals surface area (Å²) < 4.78 is 22.7. The molecule has 0 bridgehead atoms. The van der Waals surface area contributed by atoms with Gasteiger partial charge in [-0.05, 0) is 78.9 Å². The van der Waals surface area contributed by atoms with Gasteiger partial charge in [-0.1, -0.05) is 34.1 Å². The van der Waals surface area contributed by atoms with Gasteiger partial charge in [0.1, 0.15) is 0 Å². The van der Waals surface area contributed by atoms with E-state index in [0.717, 1.165) is 19.3 Å². The second-order valence-corrected chi connectivity index (χ2v) is 13.2. The highest BCUT2D eigenvalue weighted by molar-refractivity contribution is 5.86. The molecule has 0 aromatic heterocycles. The Bertz CT molecular complexity index is 969. The standard InChI is InChI=1S/C29H42O7/c1-16(30)33-25-18-8-9-23-28(5,13-10-22-27(3,4)11-7-12-29(22,23)6)20(18)15-21(35-25)19-14-24(32)36-26(19)34-17(2)31/h14,18,20-23,25-26H,7-13,15H2,1-6H3/t18-,20+,21+,22-,23-,25+,26+,28-,29-/m0/s1. The van der Waals surface area contributed by atoms with Crippen molar-refractivity contribution in [3.63, 3.8) is 0 Å². The maximum atomic E-state index is 12.2. The van der Waals surface area contributed by atoms with Gasteiger partial charge in [0.25, 0.3) is 6.29 Å². The largest absolute Gasteiger partial charge is 0.436 e. The first-order valence-corrected chi connectivity index (χ1v) is 13.8. The molecule has 3 aliphatic carbocycles. The molecule has 0 radical (unpaired) electrons. The van der Waals surface area contributed by atoms with Crippen LogP contribution in [0.2, 0.25) is 0 Å². The average Bonchev–Trinajstić information content (AvgIpc) is 3.11. The Morgan fingerprint density at radius 2 is 1.64 bits per heavy atom. The van der Waals surface area contributed by atoms with Crippen molar-refractivity contribution in [2.24, 2.45) is 39.9 Å². The maximum Gasteiger partial charge on any atom is 0.334 e. The Morgan fingerprint density at radius 1 is 0.917 bits per heavy atom. The summed E-state index contributed by atoms with van der Waals surface area (Å²) in [5.74, 6) is 0.218. The summed E-state index contributed by atoms with van der Waals surface area (Å²) in [4.78, 5) is 35.9. The highest BCUT2D eigenvalue weighted by Gasteiger charge is 2.64. The summed E-state index contributed by atoms with van der Waals surface area (Å²) in [6.45, 7) is 12.6. The molecule has 0 N–H and O–H groups in total. The molecular weight excluding hydrogens is 460 g/mol. The van der Waals surface area contributed by atoms with E-state index in [1.807, 2.05) is 0 Å². The molecule has 2 aliphatic heterocycles. The van der Waals surface area contributed by atoms with Crippen molar-refractivity contribution >= 4 is 17.9 Å². The zero-order chi connectivity index (χ0) is 26.0. The highest BCUT2D eigenvalue weighted by Crippen LogP contribution is 2.70. The lowest BCUT2D eigenvalue weighted by Gasteiger charge is -2.67. The van der Waals surface area contributed by atoms with Crippen molar-refractivity contribution in [3.05, 3.63) is 11.6 Å². The van der Waals surface area contributed by atoms with Crippen LogP contribution in [0, 0.1) is 39.9 Å². The van der Waals surface area contributed by atoms with Gasteiger partial charge in [-0.3, -0.25) is 9.59 Å². The van der Waals surface area contributed by atoms with Gasteiger partial charge in [0.15, 0.2) is 0 Å². The van der Waals surface area contributed by atoms with Crippen LogP contribution in [0.3, 0.4) is 0 Å². The van der Waals surface area contributed by atoms with Crippen LogP contribution in [0.4, 0.5) is 0 Å². The summed E-state index contributed by atoms with van der Waals surface area (Å²) in [7, 11) is 0. The van der Waals surface area contributed by atoms with Gasteiger partial charge in [0.2, 0.25) is 6.29 Å². The number of rotatable bonds is 3. The third-order valence-corrected chi connectivity index (χ3v) is 10.8. The third-order valence-electron chi connectivity index (χ3n) is 10.8. The molecule has 36 heavy (non-hydrogen) atoms. The SMILES string of the molecule is CC(=O)O[C@@H]1OC(=O)C=C1[C@H]1C[C@@H]2[C@H](CC[C@H]3[C@@]2(C)CC[C@H]2C(C)(C)CCC[C@]32C)[C@H](OC(C)=O)O1. The van der Waals surface area contributed by atoms with Gasteiger partial charge in [0.05, 0.1) is 6.10 Å². The number of carbonyl (C=O) groups excluding carboxylic acids is 3. The fourth-order valence-corrected chi connectivity index (χ4v) is 9.55. The second-order valence-electron chi connectivity index (χ2n) is 13.2. The van der Waals surface area contributed by atoms with E-state index in [0.29, 0.717) is 29.2 Å². The van der Waals surface area contributed by atoms with E-state index < -0.39 is 30.6 Å². The van der Waals surface area contributed by atoms with Crippen LogP contribution in [0.15, 0.2) is 11.6 Å². The molecule has 1 saturated heterocycles. The summed E-state index contributed by atoms with van der Waals surface area (Å²) in [6.07, 6.45) is 8.06. The predicted molar refractivity (Wildman–Crippen MR) is 131 cm³/mol. The van der Waals surface area contributed by atoms with Crippen LogP contribution in [0.25, 0.3) is 0 Å². The van der Waals surface area contributed by atoms with Crippen LogP contribution >= 0.6 is 0 Å². The van der Waals surface area contributed by atoms with Gasteiger partial charge < -0.3 is 18.9 Å². The second kappa shape index (κ2) is 8.85. The number of hydrogen-bond acceptors (Lipinski definition) is 7. The minimum atomic E-state index is -1.09. The molecule has 7 heteroatoms. The highest BCUT2D eigenvalue weighted by atomic mass is 16.7. The Kier molecular flexibility index (Phi) is 6.33. The fraction of sp³-hybridized carbons (Fsp3) is 0.828. The molecule has 0 spiro atoms. The average molecular weight is 503 g/mol. The third kappa shape index (κ3) is 4.10. The topological polar surface area (TPSA) is 88.1 Å².